The highest BCUT2D eigenvalue weighted by atomic mass is 32.2. The zero-order valence-electron chi connectivity index (χ0n) is 19.4. The highest BCUT2D eigenvalue weighted by molar-refractivity contribution is 8.04. The molecule has 0 unspecified atom stereocenters. The van der Waals surface area contributed by atoms with Crippen LogP contribution in [0.4, 0.5) is 5.69 Å². The first-order valence-electron chi connectivity index (χ1n) is 12.0. The van der Waals surface area contributed by atoms with Crippen molar-refractivity contribution >= 4 is 35.2 Å². The fraction of sp³-hybridized carbons (Fsp3) is 0.370. The number of imide groups is 1. The van der Waals surface area contributed by atoms with Gasteiger partial charge < -0.3 is 10.1 Å². The minimum atomic E-state index is -0.405. The molecule has 7 heteroatoms. The van der Waals surface area contributed by atoms with Gasteiger partial charge in [-0.1, -0.05) is 62.6 Å². The van der Waals surface area contributed by atoms with Crippen LogP contribution in [0.15, 0.2) is 70.1 Å². The van der Waals surface area contributed by atoms with Gasteiger partial charge in [0, 0.05) is 10.9 Å². The number of hydrogen-bond acceptors (Lipinski definition) is 6. The molecule has 1 saturated carbocycles. The summed E-state index contributed by atoms with van der Waals surface area (Å²) in [6, 6.07) is 16.2. The number of ether oxygens (including phenoxy) is 1. The molecule has 6 nitrogen and oxygen atoms in total. The van der Waals surface area contributed by atoms with E-state index < -0.39 is 5.97 Å². The average Bonchev–Trinajstić information content (AvgIpc) is 3.09. The zero-order valence-corrected chi connectivity index (χ0v) is 20.2. The lowest BCUT2D eigenvalue weighted by Gasteiger charge is -2.24. The molecule has 1 N–H and O–H groups in total. The van der Waals surface area contributed by atoms with Crippen LogP contribution in [0, 0.1) is 0 Å². The minimum Gasteiger partial charge on any atom is -0.462 e. The second-order valence-electron chi connectivity index (χ2n) is 8.58. The maximum absolute atomic E-state index is 13.5. The fourth-order valence-corrected chi connectivity index (χ4v) is 5.12. The van der Waals surface area contributed by atoms with Crippen LogP contribution in [0.1, 0.15) is 62.2 Å². The predicted octanol–water partition coefficient (Wildman–Crippen LogP) is 5.44. The Morgan fingerprint density at radius 2 is 1.71 bits per heavy atom. The number of esters is 1. The van der Waals surface area contributed by atoms with Gasteiger partial charge in [-0.15, -0.1) is 0 Å². The molecule has 0 aromatic heterocycles. The van der Waals surface area contributed by atoms with Gasteiger partial charge in [-0.3, -0.25) is 9.59 Å². The van der Waals surface area contributed by atoms with Gasteiger partial charge in [0.1, 0.15) is 10.6 Å². The van der Waals surface area contributed by atoms with Crippen molar-refractivity contribution in [3.8, 4) is 0 Å². The van der Waals surface area contributed by atoms with Crippen LogP contribution in [0.2, 0.25) is 0 Å². The van der Waals surface area contributed by atoms with E-state index in [4.69, 9.17) is 4.74 Å². The highest BCUT2D eigenvalue weighted by Crippen LogP contribution is 2.37. The first-order chi connectivity index (χ1) is 16.6. The third-order valence-electron chi connectivity index (χ3n) is 6.05. The van der Waals surface area contributed by atoms with Crippen LogP contribution in [-0.4, -0.2) is 30.4 Å². The minimum absolute atomic E-state index is 0.187. The van der Waals surface area contributed by atoms with Gasteiger partial charge >= 0.3 is 5.97 Å². The van der Waals surface area contributed by atoms with E-state index in [-0.39, 0.29) is 17.9 Å². The third-order valence-corrected chi connectivity index (χ3v) is 7.14. The van der Waals surface area contributed by atoms with E-state index in [1.54, 1.807) is 24.3 Å². The normalized spacial score (nSPS) is 16.8. The number of carbonyl (C=O) groups is 3. The number of carbonyl (C=O) groups excluding carboxylic acids is 3. The molecule has 2 aromatic rings. The number of hydrogen-bond donors (Lipinski definition) is 1. The number of thioether (sulfide) groups is 1. The van der Waals surface area contributed by atoms with Crippen molar-refractivity contribution in [2.45, 2.75) is 62.8 Å². The first-order valence-corrected chi connectivity index (χ1v) is 12.8. The summed E-state index contributed by atoms with van der Waals surface area (Å²) in [6.45, 7) is 2.41. The second kappa shape index (κ2) is 11.4. The van der Waals surface area contributed by atoms with Gasteiger partial charge in [0.25, 0.3) is 11.8 Å². The van der Waals surface area contributed by atoms with E-state index in [9.17, 15) is 14.4 Å². The molecule has 1 aliphatic heterocycles. The van der Waals surface area contributed by atoms with Gasteiger partial charge in [0.05, 0.1) is 17.9 Å². The topological polar surface area (TPSA) is 75.7 Å². The molecular weight excluding hydrogens is 448 g/mol. The lowest BCUT2D eigenvalue weighted by Crippen LogP contribution is -2.37. The van der Waals surface area contributed by atoms with Crippen molar-refractivity contribution in [3.63, 3.8) is 0 Å². The van der Waals surface area contributed by atoms with Crippen molar-refractivity contribution in [1.29, 1.82) is 0 Å². The van der Waals surface area contributed by atoms with Crippen LogP contribution in [-0.2, 0) is 14.3 Å². The van der Waals surface area contributed by atoms with Crippen molar-refractivity contribution in [2.24, 2.45) is 0 Å². The Labute approximate surface area is 204 Å². The van der Waals surface area contributed by atoms with E-state index in [1.807, 2.05) is 37.3 Å². The quantitative estimate of drug-likeness (QED) is 0.294. The van der Waals surface area contributed by atoms with Crippen LogP contribution in [0.25, 0.3) is 0 Å². The summed E-state index contributed by atoms with van der Waals surface area (Å²) in [7, 11) is 0. The van der Waals surface area contributed by atoms with E-state index >= 15 is 0 Å². The monoisotopic (exact) mass is 478 g/mol. The second-order valence-corrected chi connectivity index (χ2v) is 9.66. The molecule has 2 amide bonds. The lowest BCUT2D eigenvalue weighted by atomic mass is 9.95. The molecule has 0 spiro atoms. The number of nitrogens with one attached hydrogen (secondary N) is 1. The molecular formula is C27H30N2O4S. The summed E-state index contributed by atoms with van der Waals surface area (Å²) in [5, 5.41) is 3.40. The van der Waals surface area contributed by atoms with Crippen molar-refractivity contribution < 1.29 is 19.1 Å². The Morgan fingerprint density at radius 3 is 2.38 bits per heavy atom. The molecule has 1 fully saturated rings. The summed E-state index contributed by atoms with van der Waals surface area (Å²) in [5.74, 6) is -1.11. The summed E-state index contributed by atoms with van der Waals surface area (Å²) < 4.78 is 5.25. The number of benzene rings is 2. The Kier molecular flexibility index (Phi) is 8.06. The van der Waals surface area contributed by atoms with Crippen LogP contribution >= 0.6 is 11.8 Å². The maximum Gasteiger partial charge on any atom is 0.338 e. The van der Waals surface area contributed by atoms with Crippen molar-refractivity contribution in [2.75, 3.05) is 11.5 Å². The molecule has 34 heavy (non-hydrogen) atoms. The maximum atomic E-state index is 13.5. The van der Waals surface area contributed by atoms with Crippen LogP contribution in [0.5, 0.6) is 0 Å². The molecule has 0 bridgehead atoms. The van der Waals surface area contributed by atoms with E-state index in [0.29, 0.717) is 28.5 Å². The number of rotatable bonds is 9. The van der Waals surface area contributed by atoms with E-state index in [1.165, 1.54) is 23.1 Å². The fourth-order valence-electron chi connectivity index (χ4n) is 4.16. The Balaban J connectivity index is 1.56. The smallest absolute Gasteiger partial charge is 0.338 e. The Hall–Kier alpha value is -3.06. The van der Waals surface area contributed by atoms with Crippen LogP contribution < -0.4 is 10.2 Å². The molecule has 1 heterocycles. The zero-order chi connectivity index (χ0) is 23.9. The van der Waals surface area contributed by atoms with Gasteiger partial charge in [0.2, 0.25) is 0 Å². The number of amides is 2. The summed E-state index contributed by atoms with van der Waals surface area (Å²) in [5.41, 5.74) is 1.20. The SMILES string of the molecule is CCCCOC(=O)c1ccc(N2C(=O)C(NC3CCCCC3)=C(Sc3ccccc3)C2=O)cc1. The van der Waals surface area contributed by atoms with Crippen LogP contribution in [0.3, 0.4) is 0 Å². The predicted molar refractivity (Wildman–Crippen MR) is 133 cm³/mol. The molecule has 2 aromatic carbocycles. The molecule has 0 saturated heterocycles. The summed E-state index contributed by atoms with van der Waals surface area (Å²) in [4.78, 5) is 41.6. The molecule has 2 aliphatic rings. The van der Waals surface area contributed by atoms with Gasteiger partial charge in [0.15, 0.2) is 0 Å². The lowest BCUT2D eigenvalue weighted by molar-refractivity contribution is -0.120. The van der Waals surface area contributed by atoms with E-state index in [2.05, 4.69) is 5.32 Å². The third kappa shape index (κ3) is 5.53. The molecule has 0 atom stereocenters. The Morgan fingerprint density at radius 1 is 1.00 bits per heavy atom. The van der Waals surface area contributed by atoms with Crippen molar-refractivity contribution in [1.82, 2.24) is 5.32 Å². The molecule has 178 valence electrons. The molecule has 1 aliphatic carbocycles. The first kappa shape index (κ1) is 24.1. The van der Waals surface area contributed by atoms with Gasteiger partial charge in [-0.2, -0.15) is 0 Å². The standard InChI is InChI=1S/C27H30N2O4S/c1-2-3-18-33-27(32)19-14-16-21(17-15-19)29-25(30)23(28-20-10-6-4-7-11-20)24(26(29)31)34-22-12-8-5-9-13-22/h5,8-9,12-17,20,28H,2-4,6-7,10-11,18H2,1H3. The highest BCUT2D eigenvalue weighted by Gasteiger charge is 2.41. The molecule has 0 radical (unpaired) electrons. The summed E-state index contributed by atoms with van der Waals surface area (Å²) in [6.07, 6.45) is 7.17. The summed E-state index contributed by atoms with van der Waals surface area (Å²) >= 11 is 1.31. The van der Waals surface area contributed by atoms with Crippen molar-refractivity contribution in [3.05, 3.63) is 70.8 Å². The number of anilines is 1. The van der Waals surface area contributed by atoms with Gasteiger partial charge in [-0.05, 0) is 55.7 Å². The molecule has 4 rings (SSSR count). The number of nitrogens with zero attached hydrogens (tertiary/aromatic N) is 1. The average molecular weight is 479 g/mol. The van der Waals surface area contributed by atoms with E-state index in [0.717, 1.165) is 43.4 Å². The largest absolute Gasteiger partial charge is 0.462 e. The van der Waals surface area contributed by atoms with Gasteiger partial charge in [-0.25, -0.2) is 9.69 Å². The Bertz CT molecular complexity index is 1060. The number of unbranched alkanes of at least 4 members (excludes halogenated alkanes) is 1.